The highest BCUT2D eigenvalue weighted by Gasteiger charge is 2.38. The van der Waals surface area contributed by atoms with E-state index < -0.39 is 17.6 Å². The standard InChI is InChI=1S/C16H9FN2O2/c1-9-5-6-10-11(7-9)16(21)19(15(10)20)14-4-2-3-13(17)12(14)8-18/h2-7H,1H3. The van der Waals surface area contributed by atoms with Crippen molar-refractivity contribution in [3.63, 3.8) is 0 Å². The maximum absolute atomic E-state index is 13.7. The van der Waals surface area contributed by atoms with E-state index in [1.165, 1.54) is 12.1 Å². The maximum atomic E-state index is 13.7. The SMILES string of the molecule is Cc1ccc2c(c1)C(=O)N(c1cccc(F)c1C#N)C2=O. The lowest BCUT2D eigenvalue weighted by Gasteiger charge is -2.15. The van der Waals surface area contributed by atoms with Crippen LogP contribution < -0.4 is 4.90 Å². The second-order valence-electron chi connectivity index (χ2n) is 4.74. The van der Waals surface area contributed by atoms with E-state index in [0.717, 1.165) is 16.5 Å². The Balaban J connectivity index is 2.20. The van der Waals surface area contributed by atoms with Crippen LogP contribution in [0, 0.1) is 24.1 Å². The average Bonchev–Trinajstić information content (AvgIpc) is 2.70. The smallest absolute Gasteiger partial charge is 0.266 e. The van der Waals surface area contributed by atoms with Gasteiger partial charge in [-0.15, -0.1) is 0 Å². The molecule has 2 aromatic rings. The molecule has 0 saturated carbocycles. The molecule has 102 valence electrons. The fourth-order valence-electron chi connectivity index (χ4n) is 2.38. The molecule has 2 amide bonds. The quantitative estimate of drug-likeness (QED) is 0.755. The number of nitrogens with zero attached hydrogens (tertiary/aromatic N) is 2. The van der Waals surface area contributed by atoms with E-state index in [9.17, 15) is 14.0 Å². The molecule has 0 fully saturated rings. The highest BCUT2D eigenvalue weighted by molar-refractivity contribution is 6.34. The Bertz CT molecular complexity index is 837. The van der Waals surface area contributed by atoms with Gasteiger partial charge in [0.2, 0.25) is 0 Å². The van der Waals surface area contributed by atoms with Gasteiger partial charge in [0.05, 0.1) is 16.8 Å². The molecule has 5 heteroatoms. The van der Waals surface area contributed by atoms with Crippen molar-refractivity contribution >= 4 is 17.5 Å². The number of anilines is 1. The first-order valence-electron chi connectivity index (χ1n) is 6.22. The van der Waals surface area contributed by atoms with Gasteiger partial charge in [0.1, 0.15) is 17.4 Å². The highest BCUT2D eigenvalue weighted by Crippen LogP contribution is 2.31. The molecule has 0 radical (unpaired) electrons. The Kier molecular flexibility index (Phi) is 2.80. The van der Waals surface area contributed by atoms with E-state index in [4.69, 9.17) is 5.26 Å². The number of carbonyl (C=O) groups is 2. The summed E-state index contributed by atoms with van der Waals surface area (Å²) in [5.41, 5.74) is 1.04. The van der Waals surface area contributed by atoms with Crippen LogP contribution >= 0.6 is 0 Å². The van der Waals surface area contributed by atoms with E-state index >= 15 is 0 Å². The second-order valence-corrected chi connectivity index (χ2v) is 4.74. The van der Waals surface area contributed by atoms with Crippen molar-refractivity contribution in [2.75, 3.05) is 4.90 Å². The average molecular weight is 280 g/mol. The molecule has 0 saturated heterocycles. The molecule has 0 N–H and O–H groups in total. The second kappa shape index (κ2) is 4.53. The summed E-state index contributed by atoms with van der Waals surface area (Å²) < 4.78 is 13.7. The normalized spacial score (nSPS) is 13.3. The van der Waals surface area contributed by atoms with Gasteiger partial charge in [-0.2, -0.15) is 5.26 Å². The first kappa shape index (κ1) is 13.0. The summed E-state index contributed by atoms with van der Waals surface area (Å²) in [5.74, 6) is -1.85. The number of hydrogen-bond acceptors (Lipinski definition) is 3. The largest absolute Gasteiger partial charge is 0.268 e. The van der Waals surface area contributed by atoms with Crippen LogP contribution in [-0.2, 0) is 0 Å². The van der Waals surface area contributed by atoms with Gasteiger partial charge in [0.25, 0.3) is 11.8 Å². The van der Waals surface area contributed by atoms with E-state index in [1.54, 1.807) is 24.3 Å². The predicted octanol–water partition coefficient (Wildman–Crippen LogP) is 2.81. The van der Waals surface area contributed by atoms with E-state index in [1.807, 2.05) is 6.92 Å². The van der Waals surface area contributed by atoms with E-state index in [-0.39, 0.29) is 22.4 Å². The monoisotopic (exact) mass is 280 g/mol. The molecule has 0 atom stereocenters. The molecule has 1 aliphatic rings. The molecule has 0 aromatic heterocycles. The number of halogens is 1. The van der Waals surface area contributed by atoms with Crippen molar-refractivity contribution < 1.29 is 14.0 Å². The summed E-state index contributed by atoms with van der Waals surface area (Å²) in [5, 5.41) is 9.05. The first-order valence-corrected chi connectivity index (χ1v) is 6.22. The van der Waals surface area contributed by atoms with Crippen LogP contribution in [0.5, 0.6) is 0 Å². The summed E-state index contributed by atoms with van der Waals surface area (Å²) >= 11 is 0. The molecule has 3 rings (SSSR count). The number of carbonyl (C=O) groups excluding carboxylic acids is 2. The minimum atomic E-state index is -0.761. The third-order valence-electron chi connectivity index (χ3n) is 3.39. The number of benzene rings is 2. The minimum Gasteiger partial charge on any atom is -0.268 e. The third-order valence-corrected chi connectivity index (χ3v) is 3.39. The molecule has 0 aliphatic carbocycles. The van der Waals surface area contributed by atoms with Crippen LogP contribution in [0.15, 0.2) is 36.4 Å². The summed E-state index contributed by atoms with van der Waals surface area (Å²) in [4.78, 5) is 25.6. The van der Waals surface area contributed by atoms with E-state index in [2.05, 4.69) is 0 Å². The number of imide groups is 1. The summed E-state index contributed by atoms with van der Waals surface area (Å²) in [6, 6.07) is 10.5. The zero-order valence-corrected chi connectivity index (χ0v) is 11.1. The van der Waals surface area contributed by atoms with Crippen molar-refractivity contribution in [2.24, 2.45) is 0 Å². The summed E-state index contributed by atoms with van der Waals surface area (Å²) in [6.45, 7) is 1.81. The molecule has 2 aromatic carbocycles. The molecule has 21 heavy (non-hydrogen) atoms. The Morgan fingerprint density at radius 3 is 2.52 bits per heavy atom. The third kappa shape index (κ3) is 1.81. The number of hydrogen-bond donors (Lipinski definition) is 0. The first-order chi connectivity index (χ1) is 10.0. The highest BCUT2D eigenvalue weighted by atomic mass is 19.1. The molecular formula is C16H9FN2O2. The molecule has 0 bridgehead atoms. The lowest BCUT2D eigenvalue weighted by atomic mass is 10.1. The molecule has 0 spiro atoms. The van der Waals surface area contributed by atoms with Crippen LogP contribution in [0.4, 0.5) is 10.1 Å². The van der Waals surface area contributed by atoms with Crippen LogP contribution in [0.2, 0.25) is 0 Å². The van der Waals surface area contributed by atoms with Crippen LogP contribution in [0.25, 0.3) is 0 Å². The maximum Gasteiger partial charge on any atom is 0.266 e. The zero-order chi connectivity index (χ0) is 15.1. The minimum absolute atomic E-state index is 0.0265. The Morgan fingerprint density at radius 1 is 1.10 bits per heavy atom. The van der Waals surface area contributed by atoms with Crippen molar-refractivity contribution in [1.29, 1.82) is 5.26 Å². The fraction of sp³-hybridized carbons (Fsp3) is 0.0625. The topological polar surface area (TPSA) is 61.2 Å². The van der Waals surface area contributed by atoms with E-state index in [0.29, 0.717) is 0 Å². The van der Waals surface area contributed by atoms with Gasteiger partial charge in [0.15, 0.2) is 0 Å². The number of fused-ring (bicyclic) bond motifs is 1. The van der Waals surface area contributed by atoms with Gasteiger partial charge in [-0.05, 0) is 31.2 Å². The number of amides is 2. The number of rotatable bonds is 1. The lowest BCUT2D eigenvalue weighted by molar-refractivity contribution is 0.0926. The van der Waals surface area contributed by atoms with Crippen molar-refractivity contribution in [2.45, 2.75) is 6.92 Å². The summed E-state index contributed by atoms with van der Waals surface area (Å²) in [7, 11) is 0. The van der Waals surface area contributed by atoms with Gasteiger partial charge in [0, 0.05) is 0 Å². The van der Waals surface area contributed by atoms with Gasteiger partial charge in [-0.25, -0.2) is 9.29 Å². The molecule has 4 nitrogen and oxygen atoms in total. The van der Waals surface area contributed by atoms with Gasteiger partial charge in [-0.1, -0.05) is 17.7 Å². The van der Waals surface area contributed by atoms with Crippen LogP contribution in [0.3, 0.4) is 0 Å². The molecular weight excluding hydrogens is 271 g/mol. The Hall–Kier alpha value is -3.00. The molecule has 0 unspecified atom stereocenters. The van der Waals surface area contributed by atoms with Crippen molar-refractivity contribution in [3.05, 3.63) is 64.5 Å². The summed E-state index contributed by atoms with van der Waals surface area (Å²) in [6.07, 6.45) is 0. The molecule has 1 heterocycles. The van der Waals surface area contributed by atoms with Gasteiger partial charge < -0.3 is 0 Å². The Morgan fingerprint density at radius 2 is 1.81 bits per heavy atom. The van der Waals surface area contributed by atoms with Gasteiger partial charge >= 0.3 is 0 Å². The number of nitriles is 1. The Labute approximate surface area is 120 Å². The van der Waals surface area contributed by atoms with Gasteiger partial charge in [-0.3, -0.25) is 9.59 Å². The van der Waals surface area contributed by atoms with Crippen LogP contribution in [0.1, 0.15) is 31.8 Å². The van der Waals surface area contributed by atoms with Crippen molar-refractivity contribution in [3.8, 4) is 6.07 Å². The predicted molar refractivity (Wildman–Crippen MR) is 73.4 cm³/mol. The lowest BCUT2D eigenvalue weighted by Crippen LogP contribution is -2.30. The fourth-order valence-corrected chi connectivity index (χ4v) is 2.38. The number of aryl methyl sites for hydroxylation is 1. The van der Waals surface area contributed by atoms with Crippen molar-refractivity contribution in [1.82, 2.24) is 0 Å². The zero-order valence-electron chi connectivity index (χ0n) is 11.1. The molecule has 1 aliphatic heterocycles. The van der Waals surface area contributed by atoms with Crippen LogP contribution in [-0.4, -0.2) is 11.8 Å².